The van der Waals surface area contributed by atoms with Gasteiger partial charge < -0.3 is 19.9 Å². The number of benzene rings is 1. The van der Waals surface area contributed by atoms with Crippen LogP contribution in [0.2, 0.25) is 0 Å². The minimum atomic E-state index is -0.697. The number of nitrogens with one attached hydrogen (secondary N) is 1. The molecule has 0 bridgehead atoms. The number of morpholine rings is 1. The van der Waals surface area contributed by atoms with Crippen molar-refractivity contribution in [3.63, 3.8) is 0 Å². The van der Waals surface area contributed by atoms with Crippen molar-refractivity contribution in [2.24, 2.45) is 5.41 Å². The lowest BCUT2D eigenvalue weighted by Crippen LogP contribution is -2.45. The van der Waals surface area contributed by atoms with Crippen molar-refractivity contribution in [2.75, 3.05) is 36.4 Å². The fourth-order valence-corrected chi connectivity index (χ4v) is 4.74. The third kappa shape index (κ3) is 3.72. The molecule has 6 nitrogen and oxygen atoms in total. The van der Waals surface area contributed by atoms with E-state index >= 15 is 0 Å². The normalized spacial score (nSPS) is 26.2. The Morgan fingerprint density at radius 3 is 2.46 bits per heavy atom. The van der Waals surface area contributed by atoms with Gasteiger partial charge in [-0.15, -0.1) is 0 Å². The van der Waals surface area contributed by atoms with Crippen LogP contribution in [0.4, 0.5) is 15.8 Å². The molecule has 1 aromatic rings. The molecular formula is C21H28FN3O3. The number of hydrogen-bond donors (Lipinski definition) is 1. The highest BCUT2D eigenvalue weighted by Gasteiger charge is 2.45. The van der Waals surface area contributed by atoms with Gasteiger partial charge in [-0.1, -0.05) is 6.42 Å². The summed E-state index contributed by atoms with van der Waals surface area (Å²) in [5.41, 5.74) is 1.03. The van der Waals surface area contributed by atoms with E-state index in [9.17, 15) is 14.0 Å². The van der Waals surface area contributed by atoms with E-state index in [0.29, 0.717) is 37.6 Å². The van der Waals surface area contributed by atoms with E-state index in [2.05, 4.69) is 5.32 Å². The first-order valence-corrected chi connectivity index (χ1v) is 10.2. The maximum Gasteiger partial charge on any atom is 0.313 e. The Balaban J connectivity index is 1.39. The number of carbonyl (C=O) groups excluding carboxylic acids is 2. The minimum Gasteiger partial charge on any atom is -0.372 e. The van der Waals surface area contributed by atoms with Crippen LogP contribution in [-0.2, 0) is 14.3 Å². The summed E-state index contributed by atoms with van der Waals surface area (Å²) < 4.78 is 20.4. The van der Waals surface area contributed by atoms with Gasteiger partial charge in [0.2, 0.25) is 0 Å². The lowest BCUT2D eigenvalue weighted by atomic mass is 9.68. The summed E-state index contributed by atoms with van der Waals surface area (Å²) >= 11 is 0. The third-order valence-electron chi connectivity index (χ3n) is 6.30. The molecule has 2 amide bonds. The van der Waals surface area contributed by atoms with Crippen LogP contribution in [0.25, 0.3) is 0 Å². The first-order valence-electron chi connectivity index (χ1n) is 10.2. The second-order valence-corrected chi connectivity index (χ2v) is 8.61. The van der Waals surface area contributed by atoms with E-state index in [1.807, 2.05) is 18.7 Å². The zero-order valence-electron chi connectivity index (χ0n) is 16.5. The Hall–Kier alpha value is -2.15. The summed E-state index contributed by atoms with van der Waals surface area (Å²) in [6, 6.07) is 4.58. The summed E-state index contributed by atoms with van der Waals surface area (Å²) in [5, 5.41) is 2.56. The molecule has 152 valence electrons. The molecule has 1 aliphatic carbocycles. The molecule has 2 heterocycles. The van der Waals surface area contributed by atoms with Crippen molar-refractivity contribution in [2.45, 2.75) is 51.7 Å². The molecular weight excluding hydrogens is 361 g/mol. The molecule has 2 aliphatic heterocycles. The quantitative estimate of drug-likeness (QED) is 0.790. The summed E-state index contributed by atoms with van der Waals surface area (Å²) in [4.78, 5) is 28.4. The molecule has 1 saturated carbocycles. The molecule has 0 radical (unpaired) electrons. The molecule has 2 atom stereocenters. The fourth-order valence-electron chi connectivity index (χ4n) is 4.74. The molecule has 3 aliphatic rings. The van der Waals surface area contributed by atoms with Crippen molar-refractivity contribution in [1.29, 1.82) is 0 Å². The van der Waals surface area contributed by atoms with Gasteiger partial charge in [-0.3, -0.25) is 9.59 Å². The van der Waals surface area contributed by atoms with Gasteiger partial charge in [-0.05, 0) is 56.7 Å². The standard InChI is InChI=1S/C21H28FN3O3/c1-14-11-25(12-15(2)28-14)18-5-4-16(10-17(18)22)23-19(26)20(27)24-9-8-21(13-24)6-3-7-21/h4-5,10,14-15H,3,6-9,11-13H2,1-2H3,(H,23,26)/t14-,15+. The van der Waals surface area contributed by atoms with Crippen molar-refractivity contribution in [3.05, 3.63) is 24.0 Å². The fraction of sp³-hybridized carbons (Fsp3) is 0.619. The maximum absolute atomic E-state index is 14.7. The Labute approximate surface area is 165 Å². The number of ether oxygens (including phenoxy) is 1. The molecule has 4 rings (SSSR count). The minimum absolute atomic E-state index is 0.0274. The summed E-state index contributed by atoms with van der Waals surface area (Å²) in [6.45, 7) is 6.46. The average Bonchev–Trinajstić information content (AvgIpc) is 3.06. The first kappa shape index (κ1) is 19.2. The van der Waals surface area contributed by atoms with Gasteiger partial charge in [0.15, 0.2) is 0 Å². The number of likely N-dealkylation sites (tertiary alicyclic amines) is 1. The smallest absolute Gasteiger partial charge is 0.313 e. The van der Waals surface area contributed by atoms with Crippen molar-refractivity contribution in [1.82, 2.24) is 4.90 Å². The number of hydrogen-bond acceptors (Lipinski definition) is 4. The molecule has 1 aromatic carbocycles. The van der Waals surface area contributed by atoms with E-state index < -0.39 is 17.6 Å². The van der Waals surface area contributed by atoms with Gasteiger partial charge in [0, 0.05) is 31.9 Å². The van der Waals surface area contributed by atoms with Gasteiger partial charge in [0.25, 0.3) is 0 Å². The highest BCUT2D eigenvalue weighted by Crippen LogP contribution is 2.47. The first-order chi connectivity index (χ1) is 13.3. The van der Waals surface area contributed by atoms with Crippen LogP contribution in [0.15, 0.2) is 18.2 Å². The second-order valence-electron chi connectivity index (χ2n) is 8.61. The van der Waals surface area contributed by atoms with Gasteiger partial charge in [-0.2, -0.15) is 0 Å². The SMILES string of the molecule is C[C@@H]1CN(c2ccc(NC(=O)C(=O)N3CCC4(CCC4)C3)cc2F)C[C@H](C)O1. The molecule has 28 heavy (non-hydrogen) atoms. The molecule has 7 heteroatoms. The van der Waals surface area contributed by atoms with Crippen molar-refractivity contribution >= 4 is 23.2 Å². The summed E-state index contributed by atoms with van der Waals surface area (Å²) in [7, 11) is 0. The molecule has 0 unspecified atom stereocenters. The van der Waals surface area contributed by atoms with Gasteiger partial charge >= 0.3 is 11.8 Å². The molecule has 2 saturated heterocycles. The summed E-state index contributed by atoms with van der Waals surface area (Å²) in [5.74, 6) is -1.64. The van der Waals surface area contributed by atoms with Crippen LogP contribution in [0.3, 0.4) is 0 Å². The summed E-state index contributed by atoms with van der Waals surface area (Å²) in [6.07, 6.45) is 4.53. The Morgan fingerprint density at radius 2 is 1.89 bits per heavy atom. The number of anilines is 2. The van der Waals surface area contributed by atoms with Crippen LogP contribution in [0.1, 0.15) is 39.5 Å². The molecule has 3 fully saturated rings. The van der Waals surface area contributed by atoms with E-state index in [0.717, 1.165) is 19.3 Å². The number of halogens is 1. The zero-order valence-corrected chi connectivity index (χ0v) is 16.5. The zero-order chi connectivity index (χ0) is 19.9. The van der Waals surface area contributed by atoms with Crippen LogP contribution in [0.5, 0.6) is 0 Å². The lowest BCUT2D eigenvalue weighted by Gasteiger charge is -2.37. The predicted molar refractivity (Wildman–Crippen MR) is 105 cm³/mol. The van der Waals surface area contributed by atoms with Crippen LogP contribution in [0, 0.1) is 11.2 Å². The Kier molecular flexibility index (Phi) is 5.04. The topological polar surface area (TPSA) is 61.9 Å². The highest BCUT2D eigenvalue weighted by atomic mass is 19.1. The van der Waals surface area contributed by atoms with E-state index in [1.54, 1.807) is 17.0 Å². The molecule has 1 N–H and O–H groups in total. The average molecular weight is 389 g/mol. The Bertz CT molecular complexity index is 770. The number of nitrogens with zero attached hydrogens (tertiary/aromatic N) is 2. The third-order valence-corrected chi connectivity index (χ3v) is 6.30. The van der Waals surface area contributed by atoms with Crippen molar-refractivity contribution in [3.8, 4) is 0 Å². The van der Waals surface area contributed by atoms with Crippen molar-refractivity contribution < 1.29 is 18.7 Å². The lowest BCUT2D eigenvalue weighted by molar-refractivity contribution is -0.142. The number of amides is 2. The number of carbonyl (C=O) groups is 2. The van der Waals surface area contributed by atoms with Gasteiger partial charge in [0.05, 0.1) is 17.9 Å². The molecule has 0 aromatic heterocycles. The largest absolute Gasteiger partial charge is 0.372 e. The highest BCUT2D eigenvalue weighted by molar-refractivity contribution is 6.39. The number of rotatable bonds is 2. The van der Waals surface area contributed by atoms with E-state index in [-0.39, 0.29) is 17.6 Å². The second kappa shape index (κ2) is 7.35. The van der Waals surface area contributed by atoms with Gasteiger partial charge in [0.1, 0.15) is 5.82 Å². The molecule has 1 spiro atoms. The Morgan fingerprint density at radius 1 is 1.18 bits per heavy atom. The van der Waals surface area contributed by atoms with E-state index in [1.165, 1.54) is 12.5 Å². The van der Waals surface area contributed by atoms with Crippen LogP contribution >= 0.6 is 0 Å². The van der Waals surface area contributed by atoms with Crippen LogP contribution in [-0.4, -0.2) is 55.1 Å². The van der Waals surface area contributed by atoms with Gasteiger partial charge in [-0.25, -0.2) is 4.39 Å². The van der Waals surface area contributed by atoms with Crippen LogP contribution < -0.4 is 10.2 Å². The van der Waals surface area contributed by atoms with E-state index in [4.69, 9.17) is 4.74 Å². The maximum atomic E-state index is 14.7. The predicted octanol–water partition coefficient (Wildman–Crippen LogP) is 2.78. The monoisotopic (exact) mass is 389 g/mol.